The summed E-state index contributed by atoms with van der Waals surface area (Å²) in [7, 11) is 0. The summed E-state index contributed by atoms with van der Waals surface area (Å²) in [6.07, 6.45) is 0.565. The summed E-state index contributed by atoms with van der Waals surface area (Å²) in [5.41, 5.74) is 2.94. The van der Waals surface area contributed by atoms with Crippen molar-refractivity contribution in [2.45, 2.75) is 32.0 Å². The third kappa shape index (κ3) is 3.18. The number of nitrogens with one attached hydrogen (secondary N) is 1. The highest BCUT2D eigenvalue weighted by molar-refractivity contribution is 6.06. The van der Waals surface area contributed by atoms with E-state index in [9.17, 15) is 14.4 Å². The largest absolute Gasteiger partial charge is 0.486 e. The van der Waals surface area contributed by atoms with Gasteiger partial charge in [0.05, 0.1) is 16.8 Å². The van der Waals surface area contributed by atoms with Crippen molar-refractivity contribution in [2.24, 2.45) is 0 Å². The van der Waals surface area contributed by atoms with Crippen LogP contribution in [0.25, 0.3) is 10.9 Å². The zero-order valence-corrected chi connectivity index (χ0v) is 16.1. The van der Waals surface area contributed by atoms with E-state index in [0.717, 1.165) is 22.2 Å². The molecule has 0 aliphatic carbocycles. The van der Waals surface area contributed by atoms with Crippen molar-refractivity contribution in [2.75, 3.05) is 0 Å². The number of amides is 3. The molecule has 30 heavy (non-hydrogen) atoms. The number of benzene rings is 2. The van der Waals surface area contributed by atoms with Crippen LogP contribution in [0.15, 0.2) is 54.6 Å². The van der Waals surface area contributed by atoms with Gasteiger partial charge < -0.3 is 9.64 Å². The molecule has 7 nitrogen and oxygen atoms in total. The predicted molar refractivity (Wildman–Crippen MR) is 109 cm³/mol. The zero-order valence-electron chi connectivity index (χ0n) is 16.1. The number of para-hydroxylation sites is 1. The van der Waals surface area contributed by atoms with E-state index in [-0.39, 0.29) is 24.8 Å². The van der Waals surface area contributed by atoms with Gasteiger partial charge in [-0.3, -0.25) is 19.7 Å². The van der Waals surface area contributed by atoms with Crippen molar-refractivity contribution in [3.63, 3.8) is 0 Å². The van der Waals surface area contributed by atoms with Gasteiger partial charge in [0.1, 0.15) is 18.4 Å². The third-order valence-electron chi connectivity index (χ3n) is 5.55. The normalized spacial score (nSPS) is 18.5. The van der Waals surface area contributed by atoms with Gasteiger partial charge >= 0.3 is 0 Å². The quantitative estimate of drug-likeness (QED) is 0.679. The summed E-state index contributed by atoms with van der Waals surface area (Å²) >= 11 is 0. The molecule has 2 aliphatic heterocycles. The van der Waals surface area contributed by atoms with Crippen LogP contribution in [0, 0.1) is 0 Å². The fourth-order valence-electron chi connectivity index (χ4n) is 4.04. The van der Waals surface area contributed by atoms with Crippen LogP contribution in [-0.2, 0) is 22.7 Å². The maximum atomic E-state index is 13.1. The topological polar surface area (TPSA) is 88.6 Å². The number of hydrogen-bond acceptors (Lipinski definition) is 5. The molecule has 1 unspecified atom stereocenters. The first-order valence-corrected chi connectivity index (χ1v) is 9.84. The minimum atomic E-state index is -0.641. The molecule has 2 aromatic carbocycles. The predicted octanol–water partition coefficient (Wildman–Crippen LogP) is 2.57. The molecule has 150 valence electrons. The van der Waals surface area contributed by atoms with Crippen LogP contribution in [0.4, 0.5) is 0 Å². The highest BCUT2D eigenvalue weighted by Gasteiger charge is 2.40. The van der Waals surface area contributed by atoms with Crippen molar-refractivity contribution in [1.29, 1.82) is 0 Å². The SMILES string of the molecule is O=C1CCC(N2Cc3cccc(OCc4ccc5ccccc5n4)c3C2=O)C(=O)N1. The number of imide groups is 1. The van der Waals surface area contributed by atoms with Crippen LogP contribution in [-0.4, -0.2) is 33.6 Å². The summed E-state index contributed by atoms with van der Waals surface area (Å²) < 4.78 is 5.97. The second-order valence-corrected chi connectivity index (χ2v) is 7.47. The Bertz CT molecular complexity index is 1190. The molecule has 1 atom stereocenters. The molecule has 1 saturated heterocycles. The van der Waals surface area contributed by atoms with E-state index >= 15 is 0 Å². The fourth-order valence-corrected chi connectivity index (χ4v) is 4.04. The van der Waals surface area contributed by atoms with Crippen molar-refractivity contribution < 1.29 is 19.1 Å². The van der Waals surface area contributed by atoms with Gasteiger partial charge in [0.2, 0.25) is 11.8 Å². The van der Waals surface area contributed by atoms with E-state index in [1.54, 1.807) is 6.07 Å². The number of hydrogen-bond donors (Lipinski definition) is 1. The summed E-state index contributed by atoms with van der Waals surface area (Å²) in [5.74, 6) is -0.494. The Balaban J connectivity index is 1.36. The molecule has 1 fully saturated rings. The minimum absolute atomic E-state index is 0.229. The standard InChI is InChI=1S/C23H19N3O4/c27-20-11-10-18(22(28)25-20)26-12-15-5-3-7-19(21(15)23(26)29)30-13-16-9-8-14-4-1-2-6-17(14)24-16/h1-9,18H,10-13H2,(H,25,27,28). The van der Waals surface area contributed by atoms with Crippen LogP contribution < -0.4 is 10.1 Å². The van der Waals surface area contributed by atoms with E-state index in [0.29, 0.717) is 24.3 Å². The minimum Gasteiger partial charge on any atom is -0.486 e. The summed E-state index contributed by atoms with van der Waals surface area (Å²) in [5, 5.41) is 3.37. The first-order valence-electron chi connectivity index (χ1n) is 9.84. The van der Waals surface area contributed by atoms with E-state index < -0.39 is 11.9 Å². The summed E-state index contributed by atoms with van der Waals surface area (Å²) in [4.78, 5) is 42.9. The van der Waals surface area contributed by atoms with Gasteiger partial charge in [-0.25, -0.2) is 4.98 Å². The number of nitrogens with zero attached hydrogens (tertiary/aromatic N) is 2. The Hall–Kier alpha value is -3.74. The number of carbonyl (C=O) groups is 3. The first kappa shape index (κ1) is 18.3. The van der Waals surface area contributed by atoms with Gasteiger partial charge in [0, 0.05) is 18.4 Å². The Labute approximate surface area is 172 Å². The number of fused-ring (bicyclic) bond motifs is 2. The maximum Gasteiger partial charge on any atom is 0.258 e. The van der Waals surface area contributed by atoms with Gasteiger partial charge in [-0.15, -0.1) is 0 Å². The van der Waals surface area contributed by atoms with Crippen molar-refractivity contribution in [3.05, 3.63) is 71.4 Å². The molecule has 0 radical (unpaired) electrons. The van der Waals surface area contributed by atoms with Gasteiger partial charge in [-0.2, -0.15) is 0 Å². The van der Waals surface area contributed by atoms with E-state index in [2.05, 4.69) is 10.3 Å². The average Bonchev–Trinajstić information content (AvgIpc) is 3.09. The smallest absolute Gasteiger partial charge is 0.258 e. The van der Waals surface area contributed by atoms with Gasteiger partial charge in [-0.1, -0.05) is 36.4 Å². The van der Waals surface area contributed by atoms with Crippen LogP contribution in [0.2, 0.25) is 0 Å². The number of piperidine rings is 1. The number of ether oxygens (including phenoxy) is 1. The lowest BCUT2D eigenvalue weighted by Crippen LogP contribution is -2.52. The molecule has 7 heteroatoms. The molecular weight excluding hydrogens is 382 g/mol. The Kier molecular flexibility index (Phi) is 4.43. The van der Waals surface area contributed by atoms with Crippen LogP contribution in [0.3, 0.4) is 0 Å². The molecular formula is C23H19N3O4. The lowest BCUT2D eigenvalue weighted by Gasteiger charge is -2.29. The van der Waals surface area contributed by atoms with Crippen molar-refractivity contribution in [3.8, 4) is 5.75 Å². The van der Waals surface area contributed by atoms with E-state index in [1.165, 1.54) is 4.90 Å². The average molecular weight is 401 g/mol. The zero-order chi connectivity index (χ0) is 20.7. The number of aromatic nitrogens is 1. The van der Waals surface area contributed by atoms with Crippen LogP contribution in [0.1, 0.15) is 34.5 Å². The van der Waals surface area contributed by atoms with Crippen LogP contribution >= 0.6 is 0 Å². The Morgan fingerprint density at radius 1 is 1.03 bits per heavy atom. The third-order valence-corrected chi connectivity index (χ3v) is 5.55. The Morgan fingerprint density at radius 2 is 1.90 bits per heavy atom. The van der Waals surface area contributed by atoms with Crippen LogP contribution in [0.5, 0.6) is 5.75 Å². The molecule has 0 spiro atoms. The first-order chi connectivity index (χ1) is 14.6. The lowest BCUT2D eigenvalue weighted by molar-refractivity contribution is -0.136. The van der Waals surface area contributed by atoms with Gasteiger partial charge in [0.15, 0.2) is 0 Å². The highest BCUT2D eigenvalue weighted by Crippen LogP contribution is 2.33. The number of rotatable bonds is 4. The van der Waals surface area contributed by atoms with E-state index in [4.69, 9.17) is 4.74 Å². The Morgan fingerprint density at radius 3 is 2.77 bits per heavy atom. The number of pyridine rings is 1. The van der Waals surface area contributed by atoms with Gasteiger partial charge in [-0.05, 0) is 30.2 Å². The lowest BCUT2D eigenvalue weighted by atomic mass is 10.0. The molecule has 1 aromatic heterocycles. The molecule has 5 rings (SSSR count). The molecule has 2 aliphatic rings. The molecule has 0 bridgehead atoms. The molecule has 3 heterocycles. The molecule has 1 N–H and O–H groups in total. The number of carbonyl (C=O) groups excluding carboxylic acids is 3. The monoisotopic (exact) mass is 401 g/mol. The van der Waals surface area contributed by atoms with Crippen molar-refractivity contribution >= 4 is 28.6 Å². The van der Waals surface area contributed by atoms with E-state index in [1.807, 2.05) is 48.5 Å². The molecule has 3 aromatic rings. The second kappa shape index (κ2) is 7.26. The second-order valence-electron chi connectivity index (χ2n) is 7.47. The fraction of sp³-hybridized carbons (Fsp3) is 0.217. The van der Waals surface area contributed by atoms with Crippen molar-refractivity contribution in [1.82, 2.24) is 15.2 Å². The maximum absolute atomic E-state index is 13.1. The summed E-state index contributed by atoms with van der Waals surface area (Å²) in [6, 6.07) is 16.6. The molecule has 3 amide bonds. The summed E-state index contributed by atoms with van der Waals surface area (Å²) in [6.45, 7) is 0.554. The van der Waals surface area contributed by atoms with Gasteiger partial charge in [0.25, 0.3) is 5.91 Å². The molecule has 0 saturated carbocycles. The highest BCUT2D eigenvalue weighted by atomic mass is 16.5.